The monoisotopic (exact) mass is 442 g/mol. The normalized spacial score (nSPS) is 15.1. The Morgan fingerprint density at radius 2 is 1.70 bits per heavy atom. The molecule has 0 atom stereocenters. The minimum atomic E-state index is -0.516. The van der Waals surface area contributed by atoms with Crippen LogP contribution >= 0.6 is 0 Å². The van der Waals surface area contributed by atoms with E-state index in [1.807, 2.05) is 42.2 Å². The van der Waals surface area contributed by atoms with Gasteiger partial charge in [-0.05, 0) is 66.6 Å². The van der Waals surface area contributed by atoms with Gasteiger partial charge in [0.1, 0.15) is 0 Å². The first kappa shape index (κ1) is 22.6. The van der Waals surface area contributed by atoms with Gasteiger partial charge in [0.05, 0.1) is 11.8 Å². The Bertz CT molecular complexity index is 1080. The molecule has 1 saturated heterocycles. The zero-order valence-electron chi connectivity index (χ0n) is 19.0. The Hall–Kier alpha value is -3.54. The molecule has 0 unspecified atom stereocenters. The maximum absolute atomic E-state index is 13.2. The van der Waals surface area contributed by atoms with Crippen molar-refractivity contribution in [1.82, 2.24) is 20.2 Å². The van der Waals surface area contributed by atoms with Crippen molar-refractivity contribution in [2.75, 3.05) is 19.6 Å². The highest BCUT2D eigenvalue weighted by Crippen LogP contribution is 2.36. The number of hydrogen-bond acceptors (Lipinski definition) is 4. The molecule has 1 N–H and O–H groups in total. The van der Waals surface area contributed by atoms with Crippen LogP contribution in [0.1, 0.15) is 30.9 Å². The molecular formula is C27H30N4O2. The number of carbonyl (C=O) groups excluding carboxylic acids is 2. The third kappa shape index (κ3) is 5.45. The van der Waals surface area contributed by atoms with Crippen molar-refractivity contribution in [2.45, 2.75) is 32.6 Å². The van der Waals surface area contributed by atoms with Crippen LogP contribution in [0.3, 0.4) is 0 Å². The van der Waals surface area contributed by atoms with E-state index < -0.39 is 5.41 Å². The number of benzene rings is 1. The second-order valence-corrected chi connectivity index (χ2v) is 8.67. The Morgan fingerprint density at radius 1 is 0.939 bits per heavy atom. The maximum atomic E-state index is 13.2. The SMILES string of the molecule is CCNC(=O)C1(Cc2cccc(-c3ccncc3)c2)CCN(C(=O)Cc2cccnc2)CC1. The molecule has 0 radical (unpaired) electrons. The number of nitrogens with zero attached hydrogens (tertiary/aromatic N) is 3. The van der Waals surface area contributed by atoms with E-state index >= 15 is 0 Å². The largest absolute Gasteiger partial charge is 0.356 e. The fraction of sp³-hybridized carbons (Fsp3) is 0.333. The van der Waals surface area contributed by atoms with Crippen LogP contribution in [0, 0.1) is 5.41 Å². The minimum absolute atomic E-state index is 0.0821. The summed E-state index contributed by atoms with van der Waals surface area (Å²) in [6.07, 6.45) is 9.31. The Balaban J connectivity index is 1.49. The summed E-state index contributed by atoms with van der Waals surface area (Å²) < 4.78 is 0. The Morgan fingerprint density at radius 3 is 2.39 bits per heavy atom. The topological polar surface area (TPSA) is 75.2 Å². The lowest BCUT2D eigenvalue weighted by Gasteiger charge is -2.41. The lowest BCUT2D eigenvalue weighted by atomic mass is 9.72. The van der Waals surface area contributed by atoms with E-state index in [0.29, 0.717) is 45.3 Å². The molecule has 33 heavy (non-hydrogen) atoms. The molecule has 2 amide bonds. The van der Waals surface area contributed by atoms with Crippen LogP contribution in [-0.4, -0.2) is 46.3 Å². The number of nitrogens with one attached hydrogen (secondary N) is 1. The van der Waals surface area contributed by atoms with Crippen LogP contribution < -0.4 is 5.32 Å². The van der Waals surface area contributed by atoms with Crippen LogP contribution in [0.4, 0.5) is 0 Å². The summed E-state index contributed by atoms with van der Waals surface area (Å²) in [4.78, 5) is 36.1. The average Bonchev–Trinajstić information content (AvgIpc) is 2.86. The number of carbonyl (C=O) groups is 2. The number of rotatable bonds is 7. The summed E-state index contributed by atoms with van der Waals surface area (Å²) in [7, 11) is 0. The number of hydrogen-bond donors (Lipinski definition) is 1. The third-order valence-corrected chi connectivity index (χ3v) is 6.45. The molecule has 4 rings (SSSR count). The maximum Gasteiger partial charge on any atom is 0.227 e. The van der Waals surface area contributed by atoms with Gasteiger partial charge in [-0.2, -0.15) is 0 Å². The van der Waals surface area contributed by atoms with E-state index in [4.69, 9.17) is 0 Å². The molecule has 0 bridgehead atoms. The second-order valence-electron chi connectivity index (χ2n) is 8.67. The van der Waals surface area contributed by atoms with Gasteiger partial charge in [-0.1, -0.05) is 30.3 Å². The van der Waals surface area contributed by atoms with Crippen molar-refractivity contribution in [3.8, 4) is 11.1 Å². The van der Waals surface area contributed by atoms with Gasteiger partial charge in [0.25, 0.3) is 0 Å². The van der Waals surface area contributed by atoms with Gasteiger partial charge in [0, 0.05) is 44.4 Å². The van der Waals surface area contributed by atoms with E-state index in [-0.39, 0.29) is 11.8 Å². The zero-order chi connectivity index (χ0) is 23.1. The number of aromatic nitrogens is 2. The van der Waals surface area contributed by atoms with E-state index in [2.05, 4.69) is 33.5 Å². The molecule has 0 aliphatic carbocycles. The molecule has 1 aromatic carbocycles. The summed E-state index contributed by atoms with van der Waals surface area (Å²) >= 11 is 0. The quantitative estimate of drug-likeness (QED) is 0.606. The minimum Gasteiger partial charge on any atom is -0.356 e. The van der Waals surface area contributed by atoms with Gasteiger partial charge < -0.3 is 10.2 Å². The molecule has 0 saturated carbocycles. The Kier molecular flexibility index (Phi) is 7.13. The number of piperidine rings is 1. The van der Waals surface area contributed by atoms with Gasteiger partial charge in [0.2, 0.25) is 11.8 Å². The summed E-state index contributed by atoms with van der Waals surface area (Å²) in [5.74, 6) is 0.172. The molecule has 1 fully saturated rings. The number of likely N-dealkylation sites (tertiary alicyclic amines) is 1. The van der Waals surface area contributed by atoms with Gasteiger partial charge in [-0.3, -0.25) is 19.6 Å². The summed E-state index contributed by atoms with van der Waals surface area (Å²) in [6, 6.07) is 16.1. The molecule has 170 valence electrons. The zero-order valence-corrected chi connectivity index (χ0v) is 19.0. The van der Waals surface area contributed by atoms with E-state index in [1.54, 1.807) is 24.8 Å². The lowest BCUT2D eigenvalue weighted by molar-refractivity contribution is -0.140. The number of amides is 2. The molecule has 2 aromatic heterocycles. The molecule has 1 aliphatic heterocycles. The first-order valence-electron chi connectivity index (χ1n) is 11.5. The predicted molar refractivity (Wildman–Crippen MR) is 128 cm³/mol. The van der Waals surface area contributed by atoms with Crippen molar-refractivity contribution in [3.05, 3.63) is 84.4 Å². The van der Waals surface area contributed by atoms with Crippen LogP contribution in [0.5, 0.6) is 0 Å². The van der Waals surface area contributed by atoms with Crippen molar-refractivity contribution in [2.24, 2.45) is 5.41 Å². The molecule has 1 aliphatic rings. The molecular weight excluding hydrogens is 412 g/mol. The molecule has 3 aromatic rings. The predicted octanol–water partition coefficient (Wildman–Crippen LogP) is 3.67. The van der Waals surface area contributed by atoms with Crippen molar-refractivity contribution < 1.29 is 9.59 Å². The Labute approximate surface area is 195 Å². The van der Waals surface area contributed by atoms with Gasteiger partial charge in [-0.15, -0.1) is 0 Å². The van der Waals surface area contributed by atoms with E-state index in [0.717, 1.165) is 22.3 Å². The molecule has 0 spiro atoms. The van der Waals surface area contributed by atoms with Crippen molar-refractivity contribution in [3.63, 3.8) is 0 Å². The molecule has 6 nitrogen and oxygen atoms in total. The van der Waals surface area contributed by atoms with Gasteiger partial charge >= 0.3 is 0 Å². The number of pyridine rings is 2. The van der Waals surface area contributed by atoms with Gasteiger partial charge in [-0.25, -0.2) is 0 Å². The highest BCUT2D eigenvalue weighted by atomic mass is 16.2. The van der Waals surface area contributed by atoms with Crippen LogP contribution in [0.15, 0.2) is 73.3 Å². The fourth-order valence-electron chi connectivity index (χ4n) is 4.60. The summed E-state index contributed by atoms with van der Waals surface area (Å²) in [5.41, 5.74) is 3.75. The standard InChI is InChI=1S/C27H30N4O2/c1-2-30-26(33)27(19-21-5-3-7-24(17-21)23-8-13-28-14-9-23)10-15-31(16-11-27)25(32)18-22-6-4-12-29-20-22/h3-9,12-14,17,20H,2,10-11,15-16,18-19H2,1H3,(H,30,33). The van der Waals surface area contributed by atoms with E-state index in [1.165, 1.54) is 0 Å². The molecule has 3 heterocycles. The van der Waals surface area contributed by atoms with Crippen molar-refractivity contribution >= 4 is 11.8 Å². The second kappa shape index (κ2) is 10.4. The van der Waals surface area contributed by atoms with Crippen molar-refractivity contribution in [1.29, 1.82) is 0 Å². The fourth-order valence-corrected chi connectivity index (χ4v) is 4.60. The smallest absolute Gasteiger partial charge is 0.227 e. The van der Waals surface area contributed by atoms with E-state index in [9.17, 15) is 9.59 Å². The lowest BCUT2D eigenvalue weighted by Crippen LogP contribution is -2.51. The third-order valence-electron chi connectivity index (χ3n) is 6.45. The highest BCUT2D eigenvalue weighted by Gasteiger charge is 2.42. The molecule has 6 heteroatoms. The van der Waals surface area contributed by atoms with Crippen LogP contribution in [-0.2, 0) is 22.4 Å². The van der Waals surface area contributed by atoms with Crippen LogP contribution in [0.2, 0.25) is 0 Å². The first-order chi connectivity index (χ1) is 16.1. The summed E-state index contributed by atoms with van der Waals surface area (Å²) in [6.45, 7) is 3.71. The first-order valence-corrected chi connectivity index (χ1v) is 11.5. The summed E-state index contributed by atoms with van der Waals surface area (Å²) in [5, 5.41) is 3.05. The highest BCUT2D eigenvalue weighted by molar-refractivity contribution is 5.84. The van der Waals surface area contributed by atoms with Crippen LogP contribution in [0.25, 0.3) is 11.1 Å². The van der Waals surface area contributed by atoms with Gasteiger partial charge in [0.15, 0.2) is 0 Å². The average molecular weight is 443 g/mol.